The Morgan fingerprint density at radius 3 is 2.23 bits per heavy atom. The van der Waals surface area contributed by atoms with Gasteiger partial charge in [0.1, 0.15) is 4.33 Å². The molecule has 1 aliphatic heterocycles. The monoisotopic (exact) mass is 573 g/mol. The van der Waals surface area contributed by atoms with E-state index < -0.39 is 22.1 Å². The van der Waals surface area contributed by atoms with Crippen molar-refractivity contribution in [3.05, 3.63) is 62.6 Å². The Labute approximate surface area is 227 Å². The normalized spacial score (nSPS) is 22.8. The van der Waals surface area contributed by atoms with Crippen LogP contribution in [0.3, 0.4) is 0 Å². The molecule has 35 heavy (non-hydrogen) atoms. The van der Waals surface area contributed by atoms with Crippen LogP contribution in [0, 0.1) is 11.8 Å². The van der Waals surface area contributed by atoms with Gasteiger partial charge in [-0.3, -0.25) is 14.4 Å². The molecule has 1 saturated heterocycles. The lowest BCUT2D eigenvalue weighted by molar-refractivity contribution is -0.137. The first kappa shape index (κ1) is 25.0. The first-order valence-corrected chi connectivity index (χ1v) is 13.0. The minimum absolute atomic E-state index is 0.135. The zero-order valence-corrected chi connectivity index (χ0v) is 21.9. The fraction of sp³-hybridized carbons (Fsp3) is 0.375. The summed E-state index contributed by atoms with van der Waals surface area (Å²) in [5, 5.41) is 6.74. The van der Waals surface area contributed by atoms with Gasteiger partial charge in [0.05, 0.1) is 22.5 Å². The second-order valence-electron chi connectivity index (χ2n) is 9.20. The SMILES string of the molecule is O=C(NC1CN(C(=O)C2CC2)C1)c1cc(NC(=O)C2C(c3cc(Cl)cc(Cl)c3)C2(Cl)Cl)ccc1Cl. The lowest BCUT2D eigenvalue weighted by atomic mass is 10.1. The summed E-state index contributed by atoms with van der Waals surface area (Å²) in [5.41, 5.74) is 1.26. The molecule has 0 spiro atoms. The highest BCUT2D eigenvalue weighted by atomic mass is 35.5. The lowest BCUT2D eigenvalue weighted by Gasteiger charge is -2.39. The maximum atomic E-state index is 13.0. The average Bonchev–Trinajstić information content (AvgIpc) is 3.66. The van der Waals surface area contributed by atoms with Crippen LogP contribution >= 0.6 is 58.0 Å². The van der Waals surface area contributed by atoms with Crippen molar-refractivity contribution in [2.24, 2.45) is 11.8 Å². The number of nitrogens with one attached hydrogen (secondary N) is 2. The molecule has 2 N–H and O–H groups in total. The van der Waals surface area contributed by atoms with Gasteiger partial charge < -0.3 is 15.5 Å². The molecule has 5 rings (SSSR count). The summed E-state index contributed by atoms with van der Waals surface area (Å²) in [7, 11) is 0. The molecule has 3 fully saturated rings. The molecule has 11 heteroatoms. The third-order valence-electron chi connectivity index (χ3n) is 6.51. The Hall–Kier alpha value is -1.70. The Morgan fingerprint density at radius 1 is 0.943 bits per heavy atom. The van der Waals surface area contributed by atoms with Gasteiger partial charge in [-0.15, -0.1) is 23.2 Å². The van der Waals surface area contributed by atoms with Gasteiger partial charge in [0.15, 0.2) is 0 Å². The molecular formula is C24H20Cl5N3O3. The van der Waals surface area contributed by atoms with E-state index in [1.54, 1.807) is 29.2 Å². The molecule has 6 nitrogen and oxygen atoms in total. The van der Waals surface area contributed by atoms with E-state index in [1.165, 1.54) is 12.1 Å². The number of amides is 3. The summed E-state index contributed by atoms with van der Waals surface area (Å²) < 4.78 is -1.32. The van der Waals surface area contributed by atoms with Crippen LogP contribution in [0.25, 0.3) is 0 Å². The van der Waals surface area contributed by atoms with Crippen LogP contribution in [0.5, 0.6) is 0 Å². The highest BCUT2D eigenvalue weighted by Crippen LogP contribution is 2.65. The number of nitrogens with zero attached hydrogens (tertiary/aromatic N) is 1. The zero-order valence-electron chi connectivity index (χ0n) is 18.2. The molecule has 3 aliphatic rings. The quantitative estimate of drug-likeness (QED) is 0.445. The maximum absolute atomic E-state index is 13.0. The van der Waals surface area contributed by atoms with Gasteiger partial charge in [-0.2, -0.15) is 0 Å². The van der Waals surface area contributed by atoms with Crippen LogP contribution in [-0.4, -0.2) is 46.1 Å². The van der Waals surface area contributed by atoms with Crippen LogP contribution < -0.4 is 10.6 Å². The second-order valence-corrected chi connectivity index (χ2v) is 11.9. The van der Waals surface area contributed by atoms with Crippen molar-refractivity contribution in [1.29, 1.82) is 0 Å². The Kier molecular flexibility index (Phi) is 6.64. The lowest BCUT2D eigenvalue weighted by Crippen LogP contribution is -2.61. The second kappa shape index (κ2) is 9.31. The summed E-state index contributed by atoms with van der Waals surface area (Å²) in [6.45, 7) is 0.971. The van der Waals surface area contributed by atoms with E-state index in [1.807, 2.05) is 0 Å². The summed E-state index contributed by atoms with van der Waals surface area (Å²) in [6, 6.07) is 9.42. The number of anilines is 1. The van der Waals surface area contributed by atoms with Crippen molar-refractivity contribution in [1.82, 2.24) is 10.2 Å². The Morgan fingerprint density at radius 2 is 1.60 bits per heavy atom. The van der Waals surface area contributed by atoms with E-state index in [0.717, 1.165) is 12.8 Å². The fourth-order valence-electron chi connectivity index (χ4n) is 4.42. The summed E-state index contributed by atoms with van der Waals surface area (Å²) in [5.74, 6) is -1.70. The van der Waals surface area contributed by atoms with Crippen LogP contribution in [0.2, 0.25) is 15.1 Å². The molecule has 0 aromatic heterocycles. The van der Waals surface area contributed by atoms with Gasteiger partial charge in [0.2, 0.25) is 11.8 Å². The molecule has 1 heterocycles. The molecule has 2 unspecified atom stereocenters. The van der Waals surface area contributed by atoms with Gasteiger partial charge in [-0.25, -0.2) is 0 Å². The molecular weight excluding hydrogens is 556 g/mol. The summed E-state index contributed by atoms with van der Waals surface area (Å²) in [6.07, 6.45) is 1.90. The van der Waals surface area contributed by atoms with Crippen molar-refractivity contribution < 1.29 is 14.4 Å². The number of rotatable bonds is 6. The molecule has 184 valence electrons. The molecule has 2 aromatic carbocycles. The Balaban J connectivity index is 1.23. The minimum atomic E-state index is -1.32. The van der Waals surface area contributed by atoms with E-state index >= 15 is 0 Å². The van der Waals surface area contributed by atoms with Crippen molar-refractivity contribution in [2.45, 2.75) is 29.1 Å². The summed E-state index contributed by atoms with van der Waals surface area (Å²) >= 11 is 31.3. The van der Waals surface area contributed by atoms with E-state index in [2.05, 4.69) is 10.6 Å². The number of carbonyl (C=O) groups excluding carboxylic acids is 3. The number of carbonyl (C=O) groups is 3. The summed E-state index contributed by atoms with van der Waals surface area (Å²) in [4.78, 5) is 39.6. The van der Waals surface area contributed by atoms with Crippen LogP contribution in [0.4, 0.5) is 5.69 Å². The standard InChI is InChI=1S/C24H20Cl5N3O3/c25-13-5-12(6-14(26)7-13)19-20(24(19,28)29)22(34)30-15-3-4-18(27)17(8-15)21(33)31-16-9-32(10-16)23(35)11-1-2-11/h3-8,11,16,19-20H,1-2,9-10H2,(H,30,34)(H,31,33). The third kappa shape index (κ3) is 5.09. The van der Waals surface area contributed by atoms with E-state index in [-0.39, 0.29) is 34.4 Å². The highest BCUT2D eigenvalue weighted by molar-refractivity contribution is 6.53. The molecule has 0 bridgehead atoms. The molecule has 3 amide bonds. The highest BCUT2D eigenvalue weighted by Gasteiger charge is 2.67. The molecule has 2 saturated carbocycles. The first-order valence-electron chi connectivity index (χ1n) is 11.1. The minimum Gasteiger partial charge on any atom is -0.346 e. The maximum Gasteiger partial charge on any atom is 0.253 e. The molecule has 0 radical (unpaired) electrons. The van der Waals surface area contributed by atoms with Crippen molar-refractivity contribution in [2.75, 3.05) is 18.4 Å². The number of alkyl halides is 2. The first-order chi connectivity index (χ1) is 16.5. The van der Waals surface area contributed by atoms with Gasteiger partial charge in [-0.05, 0) is 54.8 Å². The van der Waals surface area contributed by atoms with Crippen LogP contribution in [0.1, 0.15) is 34.7 Å². The fourth-order valence-corrected chi connectivity index (χ4v) is 6.00. The van der Waals surface area contributed by atoms with E-state index in [9.17, 15) is 14.4 Å². The topological polar surface area (TPSA) is 78.5 Å². The van der Waals surface area contributed by atoms with Crippen molar-refractivity contribution in [3.8, 4) is 0 Å². The Bertz CT molecular complexity index is 1210. The van der Waals surface area contributed by atoms with Gasteiger partial charge in [0, 0.05) is 40.7 Å². The van der Waals surface area contributed by atoms with E-state index in [4.69, 9.17) is 58.0 Å². The number of halogens is 5. The zero-order chi connectivity index (χ0) is 25.1. The van der Waals surface area contributed by atoms with Crippen LogP contribution in [0.15, 0.2) is 36.4 Å². The number of hydrogen-bond donors (Lipinski definition) is 2. The average molecular weight is 576 g/mol. The number of hydrogen-bond acceptors (Lipinski definition) is 3. The largest absolute Gasteiger partial charge is 0.346 e. The smallest absolute Gasteiger partial charge is 0.253 e. The van der Waals surface area contributed by atoms with Gasteiger partial charge in [-0.1, -0.05) is 34.8 Å². The van der Waals surface area contributed by atoms with Crippen LogP contribution in [-0.2, 0) is 9.59 Å². The third-order valence-corrected chi connectivity index (χ3v) is 8.22. The predicted octanol–water partition coefficient (Wildman–Crippen LogP) is 5.52. The predicted molar refractivity (Wildman–Crippen MR) is 138 cm³/mol. The molecule has 2 atom stereocenters. The van der Waals surface area contributed by atoms with E-state index in [0.29, 0.717) is 34.4 Å². The van der Waals surface area contributed by atoms with Gasteiger partial charge in [0.25, 0.3) is 5.91 Å². The van der Waals surface area contributed by atoms with Crippen molar-refractivity contribution in [3.63, 3.8) is 0 Å². The number of likely N-dealkylation sites (tertiary alicyclic amines) is 1. The van der Waals surface area contributed by atoms with Crippen molar-refractivity contribution >= 4 is 81.4 Å². The molecule has 2 aliphatic carbocycles. The molecule has 2 aromatic rings. The number of benzene rings is 2. The van der Waals surface area contributed by atoms with Gasteiger partial charge >= 0.3 is 0 Å².